The van der Waals surface area contributed by atoms with Gasteiger partial charge in [-0.3, -0.25) is 4.79 Å². The zero-order valence-electron chi connectivity index (χ0n) is 10.1. The third-order valence-corrected chi connectivity index (χ3v) is 4.70. The Balaban J connectivity index is 2.12. The topological polar surface area (TPSA) is 23.6 Å². The van der Waals surface area contributed by atoms with Crippen LogP contribution in [0.1, 0.15) is 23.0 Å². The van der Waals surface area contributed by atoms with Gasteiger partial charge in [-0.25, -0.2) is 0 Å². The Kier molecular flexibility index (Phi) is 4.22. The standard InChI is InChI=1S/C12H17BrN2OS/c1-9-8-14(2)6-3-7-15(9)12(16)10-4-5-11(13)17-10/h4-5,9H,3,6-8H2,1-2H3. The normalized spacial score (nSPS) is 22.5. The number of likely N-dealkylation sites (N-methyl/N-ethyl adjacent to an activating group) is 1. The molecule has 0 saturated carbocycles. The number of nitrogens with zero attached hydrogens (tertiary/aromatic N) is 2. The Bertz CT molecular complexity index is 407. The van der Waals surface area contributed by atoms with Crippen LogP contribution in [0, 0.1) is 0 Å². The minimum Gasteiger partial charge on any atom is -0.334 e. The van der Waals surface area contributed by atoms with Gasteiger partial charge in [0.05, 0.1) is 8.66 Å². The van der Waals surface area contributed by atoms with Gasteiger partial charge in [-0.2, -0.15) is 0 Å². The van der Waals surface area contributed by atoms with Crippen LogP contribution in [-0.2, 0) is 0 Å². The largest absolute Gasteiger partial charge is 0.334 e. The van der Waals surface area contributed by atoms with Gasteiger partial charge >= 0.3 is 0 Å². The number of carbonyl (C=O) groups excluding carboxylic acids is 1. The molecule has 1 amide bonds. The smallest absolute Gasteiger partial charge is 0.264 e. The summed E-state index contributed by atoms with van der Waals surface area (Å²) in [6.07, 6.45) is 1.05. The minimum absolute atomic E-state index is 0.170. The van der Waals surface area contributed by atoms with Gasteiger partial charge in [0.1, 0.15) is 0 Å². The molecular weight excluding hydrogens is 300 g/mol. The number of hydrogen-bond acceptors (Lipinski definition) is 3. The van der Waals surface area contributed by atoms with E-state index in [1.54, 1.807) is 0 Å². The van der Waals surface area contributed by atoms with Crippen molar-refractivity contribution in [3.8, 4) is 0 Å². The lowest BCUT2D eigenvalue weighted by Gasteiger charge is -2.27. The first-order valence-electron chi connectivity index (χ1n) is 5.83. The van der Waals surface area contributed by atoms with E-state index in [2.05, 4.69) is 34.8 Å². The van der Waals surface area contributed by atoms with E-state index in [4.69, 9.17) is 0 Å². The molecule has 1 saturated heterocycles. The number of carbonyl (C=O) groups is 1. The molecule has 0 aromatic carbocycles. The highest BCUT2D eigenvalue weighted by Gasteiger charge is 2.25. The van der Waals surface area contributed by atoms with Crippen LogP contribution in [0.3, 0.4) is 0 Å². The Morgan fingerprint density at radius 3 is 2.88 bits per heavy atom. The maximum Gasteiger partial charge on any atom is 0.264 e. The predicted octanol–water partition coefficient (Wildman–Crippen LogP) is 2.68. The lowest BCUT2D eigenvalue weighted by molar-refractivity contribution is 0.0701. The summed E-state index contributed by atoms with van der Waals surface area (Å²) in [7, 11) is 2.12. The van der Waals surface area contributed by atoms with Crippen molar-refractivity contribution in [2.45, 2.75) is 19.4 Å². The summed E-state index contributed by atoms with van der Waals surface area (Å²) in [6.45, 7) is 5.02. The van der Waals surface area contributed by atoms with Crippen molar-refractivity contribution in [1.29, 1.82) is 0 Å². The monoisotopic (exact) mass is 316 g/mol. The highest BCUT2D eigenvalue weighted by molar-refractivity contribution is 9.11. The molecule has 1 aromatic heterocycles. The van der Waals surface area contributed by atoms with Gasteiger partial charge in [-0.05, 0) is 55.0 Å². The van der Waals surface area contributed by atoms with Crippen molar-refractivity contribution in [2.24, 2.45) is 0 Å². The van der Waals surface area contributed by atoms with Gasteiger partial charge in [0.2, 0.25) is 0 Å². The van der Waals surface area contributed by atoms with Gasteiger partial charge < -0.3 is 9.80 Å². The third-order valence-electron chi connectivity index (χ3n) is 3.09. The molecule has 2 rings (SSSR count). The van der Waals surface area contributed by atoms with Gasteiger partial charge in [-0.1, -0.05) is 0 Å². The summed E-state index contributed by atoms with van der Waals surface area (Å²) < 4.78 is 1.01. The molecule has 0 radical (unpaired) electrons. The molecule has 1 unspecified atom stereocenters. The Hall–Kier alpha value is -0.390. The molecule has 1 atom stereocenters. The first kappa shape index (κ1) is 13.1. The second-order valence-corrected chi connectivity index (χ2v) is 7.03. The Morgan fingerprint density at radius 2 is 2.24 bits per heavy atom. The second-order valence-electron chi connectivity index (χ2n) is 4.57. The third kappa shape index (κ3) is 3.09. The summed E-state index contributed by atoms with van der Waals surface area (Å²) in [5.41, 5.74) is 0. The molecule has 1 aromatic rings. The number of rotatable bonds is 1. The van der Waals surface area contributed by atoms with Gasteiger partial charge in [0.15, 0.2) is 0 Å². The van der Waals surface area contributed by atoms with Crippen molar-refractivity contribution in [2.75, 3.05) is 26.7 Å². The number of thiophene rings is 1. The van der Waals surface area contributed by atoms with Crippen molar-refractivity contribution < 1.29 is 4.79 Å². The van der Waals surface area contributed by atoms with Crippen LogP contribution in [-0.4, -0.2) is 48.4 Å². The Labute approximate surface area is 115 Å². The van der Waals surface area contributed by atoms with Crippen molar-refractivity contribution in [1.82, 2.24) is 9.80 Å². The molecule has 0 bridgehead atoms. The van der Waals surface area contributed by atoms with E-state index >= 15 is 0 Å². The molecule has 5 heteroatoms. The van der Waals surface area contributed by atoms with E-state index in [1.807, 2.05) is 17.0 Å². The molecule has 1 aliphatic heterocycles. The fourth-order valence-corrected chi connectivity index (χ4v) is 3.59. The van der Waals surface area contributed by atoms with Crippen LogP contribution in [0.2, 0.25) is 0 Å². The number of hydrogen-bond donors (Lipinski definition) is 0. The van der Waals surface area contributed by atoms with Crippen molar-refractivity contribution in [3.63, 3.8) is 0 Å². The van der Waals surface area contributed by atoms with Crippen LogP contribution < -0.4 is 0 Å². The lowest BCUT2D eigenvalue weighted by atomic mass is 10.2. The number of amides is 1. The SMILES string of the molecule is CC1CN(C)CCCN1C(=O)c1ccc(Br)s1. The summed E-state index contributed by atoms with van der Waals surface area (Å²) in [5, 5.41) is 0. The van der Waals surface area contributed by atoms with E-state index in [0.29, 0.717) is 0 Å². The molecule has 0 aliphatic carbocycles. The molecule has 0 spiro atoms. The van der Waals surface area contributed by atoms with Gasteiger partial charge in [0, 0.05) is 19.1 Å². The maximum absolute atomic E-state index is 12.4. The van der Waals surface area contributed by atoms with Crippen LogP contribution in [0.5, 0.6) is 0 Å². The molecular formula is C12H17BrN2OS. The van der Waals surface area contributed by atoms with E-state index < -0.39 is 0 Å². The lowest BCUT2D eigenvalue weighted by Crippen LogP contribution is -2.41. The molecule has 94 valence electrons. The highest BCUT2D eigenvalue weighted by Crippen LogP contribution is 2.24. The van der Waals surface area contributed by atoms with Crippen molar-refractivity contribution >= 4 is 33.2 Å². The molecule has 0 N–H and O–H groups in total. The quantitative estimate of drug-likeness (QED) is 0.795. The predicted molar refractivity (Wildman–Crippen MR) is 74.6 cm³/mol. The molecule has 1 aliphatic rings. The van der Waals surface area contributed by atoms with Crippen LogP contribution >= 0.6 is 27.3 Å². The summed E-state index contributed by atoms with van der Waals surface area (Å²) >= 11 is 4.92. The van der Waals surface area contributed by atoms with Crippen molar-refractivity contribution in [3.05, 3.63) is 20.8 Å². The first-order valence-corrected chi connectivity index (χ1v) is 7.43. The van der Waals surface area contributed by atoms with Crippen LogP contribution in [0.25, 0.3) is 0 Å². The fourth-order valence-electron chi connectivity index (χ4n) is 2.24. The maximum atomic E-state index is 12.4. The first-order chi connectivity index (χ1) is 8.08. The molecule has 17 heavy (non-hydrogen) atoms. The van der Waals surface area contributed by atoms with Gasteiger partial charge in [-0.15, -0.1) is 11.3 Å². The summed E-state index contributed by atoms with van der Waals surface area (Å²) in [5.74, 6) is 0.170. The zero-order valence-corrected chi connectivity index (χ0v) is 12.6. The average Bonchev–Trinajstić information content (AvgIpc) is 2.62. The molecule has 1 fully saturated rings. The fraction of sp³-hybridized carbons (Fsp3) is 0.583. The van der Waals surface area contributed by atoms with E-state index in [1.165, 1.54) is 11.3 Å². The summed E-state index contributed by atoms with van der Waals surface area (Å²) in [6, 6.07) is 4.13. The molecule has 2 heterocycles. The van der Waals surface area contributed by atoms with E-state index in [9.17, 15) is 4.79 Å². The number of halogens is 1. The zero-order chi connectivity index (χ0) is 12.4. The van der Waals surface area contributed by atoms with E-state index in [0.717, 1.165) is 34.7 Å². The highest BCUT2D eigenvalue weighted by atomic mass is 79.9. The van der Waals surface area contributed by atoms with Crippen LogP contribution in [0.15, 0.2) is 15.9 Å². The Morgan fingerprint density at radius 1 is 1.47 bits per heavy atom. The van der Waals surface area contributed by atoms with E-state index in [-0.39, 0.29) is 11.9 Å². The summed E-state index contributed by atoms with van der Waals surface area (Å²) in [4.78, 5) is 17.5. The van der Waals surface area contributed by atoms with Gasteiger partial charge in [0.25, 0.3) is 5.91 Å². The average molecular weight is 317 g/mol. The van der Waals surface area contributed by atoms with Crippen LogP contribution in [0.4, 0.5) is 0 Å². The minimum atomic E-state index is 0.170. The second kappa shape index (κ2) is 5.50. The molecule has 3 nitrogen and oxygen atoms in total.